The maximum atomic E-state index is 12.6. The Bertz CT molecular complexity index is 694. The summed E-state index contributed by atoms with van der Waals surface area (Å²) in [5.41, 5.74) is 2.59. The van der Waals surface area contributed by atoms with E-state index in [2.05, 4.69) is 5.32 Å². The molecule has 2 bridgehead atoms. The smallest absolute Gasteiger partial charge is 0.251 e. The first kappa shape index (κ1) is 14.5. The fourth-order valence-electron chi connectivity index (χ4n) is 4.40. The Labute approximate surface area is 135 Å². The van der Waals surface area contributed by atoms with E-state index in [1.807, 2.05) is 30.3 Å². The lowest BCUT2D eigenvalue weighted by Crippen LogP contribution is -2.45. The summed E-state index contributed by atoms with van der Waals surface area (Å²) in [5, 5.41) is 12.8. The monoisotopic (exact) mass is 311 g/mol. The van der Waals surface area contributed by atoms with Crippen molar-refractivity contribution in [3.8, 4) is 11.1 Å². The van der Waals surface area contributed by atoms with Gasteiger partial charge in [-0.05, 0) is 54.9 Å². The van der Waals surface area contributed by atoms with Crippen molar-refractivity contribution in [1.29, 1.82) is 0 Å². The lowest BCUT2D eigenvalue weighted by Gasteiger charge is -2.30. The minimum atomic E-state index is -0.0497. The molecule has 0 saturated heterocycles. The van der Waals surface area contributed by atoms with Crippen molar-refractivity contribution in [2.24, 2.45) is 17.8 Å². The largest absolute Gasteiger partial charge is 0.472 e. The molecule has 1 amide bonds. The molecule has 2 fully saturated rings. The minimum Gasteiger partial charge on any atom is -0.472 e. The zero-order valence-electron chi connectivity index (χ0n) is 12.9. The fraction of sp³-hybridized carbons (Fsp3) is 0.421. The number of aliphatic hydroxyl groups is 1. The van der Waals surface area contributed by atoms with E-state index >= 15 is 0 Å². The Morgan fingerprint density at radius 1 is 1.22 bits per heavy atom. The molecule has 2 aliphatic rings. The Kier molecular flexibility index (Phi) is 3.69. The molecule has 2 aromatic rings. The average molecular weight is 311 g/mol. The lowest BCUT2D eigenvalue weighted by atomic mass is 9.85. The Morgan fingerprint density at radius 3 is 2.87 bits per heavy atom. The van der Waals surface area contributed by atoms with Crippen molar-refractivity contribution >= 4 is 5.91 Å². The third-order valence-corrected chi connectivity index (χ3v) is 5.58. The van der Waals surface area contributed by atoms with Crippen molar-refractivity contribution in [2.45, 2.75) is 25.3 Å². The molecule has 2 saturated carbocycles. The van der Waals surface area contributed by atoms with Crippen LogP contribution in [0.25, 0.3) is 11.1 Å². The van der Waals surface area contributed by atoms with Crippen LogP contribution in [-0.4, -0.2) is 23.7 Å². The maximum Gasteiger partial charge on any atom is 0.251 e. The fourth-order valence-corrected chi connectivity index (χ4v) is 4.40. The standard InChI is InChI=1S/C19H21NO3/c21-10-17-13-4-5-14(9-13)18(17)20-19(22)15-3-1-2-12(8-15)16-6-7-23-11-16/h1-3,6-8,11,13-14,17-18,21H,4-5,9-10H2,(H,20,22). The van der Waals surface area contributed by atoms with E-state index < -0.39 is 0 Å². The molecular weight excluding hydrogens is 290 g/mol. The van der Waals surface area contributed by atoms with E-state index in [1.54, 1.807) is 12.5 Å². The van der Waals surface area contributed by atoms with Crippen LogP contribution in [0, 0.1) is 17.8 Å². The number of hydrogen-bond acceptors (Lipinski definition) is 3. The highest BCUT2D eigenvalue weighted by Crippen LogP contribution is 2.48. The van der Waals surface area contributed by atoms with Crippen LogP contribution in [0.1, 0.15) is 29.6 Å². The summed E-state index contributed by atoms with van der Waals surface area (Å²) < 4.78 is 5.11. The topological polar surface area (TPSA) is 62.5 Å². The van der Waals surface area contributed by atoms with E-state index in [0.29, 0.717) is 17.4 Å². The van der Waals surface area contributed by atoms with Crippen LogP contribution < -0.4 is 5.32 Å². The van der Waals surface area contributed by atoms with Crippen LogP contribution in [0.15, 0.2) is 47.3 Å². The summed E-state index contributed by atoms with van der Waals surface area (Å²) in [6.07, 6.45) is 6.81. The van der Waals surface area contributed by atoms with E-state index in [9.17, 15) is 9.90 Å². The summed E-state index contributed by atoms with van der Waals surface area (Å²) >= 11 is 0. The van der Waals surface area contributed by atoms with Crippen molar-refractivity contribution in [3.05, 3.63) is 48.4 Å². The van der Waals surface area contributed by atoms with Crippen LogP contribution in [0.4, 0.5) is 0 Å². The first-order chi connectivity index (χ1) is 11.3. The van der Waals surface area contributed by atoms with Gasteiger partial charge in [-0.3, -0.25) is 4.79 Å². The van der Waals surface area contributed by atoms with Crippen LogP contribution in [0.5, 0.6) is 0 Å². The lowest BCUT2D eigenvalue weighted by molar-refractivity contribution is 0.0861. The molecule has 4 rings (SSSR count). The molecule has 23 heavy (non-hydrogen) atoms. The molecule has 2 N–H and O–H groups in total. The SMILES string of the molecule is O=C(NC1C2CCC(C2)C1CO)c1cccc(-c2ccoc2)c1. The molecule has 4 unspecified atom stereocenters. The van der Waals surface area contributed by atoms with Gasteiger partial charge < -0.3 is 14.8 Å². The van der Waals surface area contributed by atoms with Crippen molar-refractivity contribution < 1.29 is 14.3 Å². The van der Waals surface area contributed by atoms with Crippen LogP contribution in [0.2, 0.25) is 0 Å². The first-order valence-electron chi connectivity index (χ1n) is 8.30. The third kappa shape index (κ3) is 2.57. The van der Waals surface area contributed by atoms with Gasteiger partial charge >= 0.3 is 0 Å². The second kappa shape index (κ2) is 5.85. The number of fused-ring (bicyclic) bond motifs is 2. The molecule has 1 aromatic carbocycles. The number of carbonyl (C=O) groups excluding carboxylic acids is 1. The highest BCUT2D eigenvalue weighted by Gasteiger charge is 2.47. The summed E-state index contributed by atoms with van der Waals surface area (Å²) in [4.78, 5) is 12.6. The number of aliphatic hydroxyl groups excluding tert-OH is 1. The van der Waals surface area contributed by atoms with Gasteiger partial charge in [-0.25, -0.2) is 0 Å². The number of hydrogen-bond donors (Lipinski definition) is 2. The Balaban J connectivity index is 1.52. The normalized spacial score (nSPS) is 28.9. The summed E-state index contributed by atoms with van der Waals surface area (Å²) in [5.74, 6) is 1.27. The van der Waals surface area contributed by atoms with E-state index in [4.69, 9.17) is 4.42 Å². The van der Waals surface area contributed by atoms with Gasteiger partial charge in [0, 0.05) is 29.7 Å². The molecule has 0 aliphatic heterocycles. The van der Waals surface area contributed by atoms with E-state index in [-0.39, 0.29) is 24.5 Å². The second-order valence-electron chi connectivity index (χ2n) is 6.77. The van der Waals surface area contributed by atoms with E-state index in [0.717, 1.165) is 17.5 Å². The zero-order valence-corrected chi connectivity index (χ0v) is 12.9. The molecule has 1 aromatic heterocycles. The Hall–Kier alpha value is -2.07. The summed E-state index contributed by atoms with van der Waals surface area (Å²) in [7, 11) is 0. The van der Waals surface area contributed by atoms with Gasteiger partial charge in [-0.15, -0.1) is 0 Å². The van der Waals surface area contributed by atoms with Crippen molar-refractivity contribution in [3.63, 3.8) is 0 Å². The molecule has 4 atom stereocenters. The number of furan rings is 1. The third-order valence-electron chi connectivity index (χ3n) is 5.58. The molecule has 2 aliphatic carbocycles. The number of carbonyl (C=O) groups is 1. The number of nitrogens with one attached hydrogen (secondary N) is 1. The predicted molar refractivity (Wildman–Crippen MR) is 86.8 cm³/mol. The molecule has 0 spiro atoms. The van der Waals surface area contributed by atoms with Gasteiger partial charge in [0.2, 0.25) is 0 Å². The second-order valence-corrected chi connectivity index (χ2v) is 6.77. The maximum absolute atomic E-state index is 12.6. The number of amides is 1. The zero-order chi connectivity index (χ0) is 15.8. The molecule has 4 heteroatoms. The minimum absolute atomic E-state index is 0.0497. The number of rotatable bonds is 4. The van der Waals surface area contributed by atoms with Gasteiger partial charge in [-0.2, -0.15) is 0 Å². The van der Waals surface area contributed by atoms with Gasteiger partial charge in [0.1, 0.15) is 0 Å². The van der Waals surface area contributed by atoms with Crippen molar-refractivity contribution in [1.82, 2.24) is 5.32 Å². The average Bonchev–Trinajstić information content (AvgIpc) is 3.32. The summed E-state index contributed by atoms with van der Waals surface area (Å²) in [6.45, 7) is 0.168. The summed E-state index contributed by atoms with van der Waals surface area (Å²) in [6, 6.07) is 9.58. The van der Waals surface area contributed by atoms with Gasteiger partial charge in [-0.1, -0.05) is 12.1 Å². The quantitative estimate of drug-likeness (QED) is 0.912. The highest BCUT2D eigenvalue weighted by atomic mass is 16.3. The number of benzene rings is 1. The first-order valence-corrected chi connectivity index (χ1v) is 8.30. The van der Waals surface area contributed by atoms with Crippen LogP contribution >= 0.6 is 0 Å². The molecule has 0 radical (unpaired) electrons. The van der Waals surface area contributed by atoms with E-state index in [1.165, 1.54) is 12.8 Å². The van der Waals surface area contributed by atoms with Crippen LogP contribution in [0.3, 0.4) is 0 Å². The molecular formula is C19H21NO3. The molecule has 1 heterocycles. The van der Waals surface area contributed by atoms with Gasteiger partial charge in [0.25, 0.3) is 5.91 Å². The van der Waals surface area contributed by atoms with Crippen molar-refractivity contribution in [2.75, 3.05) is 6.61 Å². The molecule has 4 nitrogen and oxygen atoms in total. The predicted octanol–water partition coefficient (Wildman–Crippen LogP) is 3.08. The Morgan fingerprint density at radius 2 is 2.09 bits per heavy atom. The molecule has 120 valence electrons. The van der Waals surface area contributed by atoms with Crippen LogP contribution in [-0.2, 0) is 0 Å². The highest BCUT2D eigenvalue weighted by molar-refractivity contribution is 5.95. The van der Waals surface area contributed by atoms with Gasteiger partial charge in [0.15, 0.2) is 0 Å². The van der Waals surface area contributed by atoms with Gasteiger partial charge in [0.05, 0.1) is 12.5 Å².